The quantitative estimate of drug-likeness (QED) is 0.835. The summed E-state index contributed by atoms with van der Waals surface area (Å²) >= 11 is 5.90. The lowest BCUT2D eigenvalue weighted by Gasteiger charge is -2.35. The fraction of sp³-hybridized carbons (Fsp3) is 0.500. The Morgan fingerprint density at radius 1 is 1.40 bits per heavy atom. The second kappa shape index (κ2) is 4.12. The average molecular weight is 225 g/mol. The zero-order chi connectivity index (χ0) is 10.9. The molecular formula is C12H17ClN2. The summed E-state index contributed by atoms with van der Waals surface area (Å²) in [6.45, 7) is 1.80. The second-order valence-electron chi connectivity index (χ2n) is 4.27. The van der Waals surface area contributed by atoms with Crippen LogP contribution in [0.15, 0.2) is 24.3 Å². The van der Waals surface area contributed by atoms with Crippen LogP contribution in [0.4, 0.5) is 0 Å². The molecule has 0 saturated carbocycles. The van der Waals surface area contributed by atoms with Crippen LogP contribution in [-0.2, 0) is 5.54 Å². The van der Waals surface area contributed by atoms with E-state index in [1.165, 1.54) is 12.0 Å². The van der Waals surface area contributed by atoms with E-state index in [1.54, 1.807) is 0 Å². The van der Waals surface area contributed by atoms with E-state index in [4.69, 9.17) is 17.3 Å². The van der Waals surface area contributed by atoms with Gasteiger partial charge in [0.05, 0.1) is 5.54 Å². The van der Waals surface area contributed by atoms with Gasteiger partial charge in [-0.3, -0.25) is 4.90 Å². The van der Waals surface area contributed by atoms with Crippen LogP contribution >= 0.6 is 11.6 Å². The van der Waals surface area contributed by atoms with E-state index in [0.29, 0.717) is 6.54 Å². The van der Waals surface area contributed by atoms with Crippen LogP contribution in [-0.4, -0.2) is 25.0 Å². The van der Waals surface area contributed by atoms with Gasteiger partial charge < -0.3 is 5.73 Å². The minimum atomic E-state index is 0.0323. The molecule has 1 aromatic carbocycles. The summed E-state index contributed by atoms with van der Waals surface area (Å²) in [4.78, 5) is 2.36. The first kappa shape index (κ1) is 10.9. The molecule has 0 amide bonds. The van der Waals surface area contributed by atoms with Gasteiger partial charge in [-0.15, -0.1) is 0 Å². The van der Waals surface area contributed by atoms with Crippen molar-refractivity contribution in [3.05, 3.63) is 34.9 Å². The molecule has 0 aromatic heterocycles. The predicted molar refractivity (Wildman–Crippen MR) is 64.0 cm³/mol. The SMILES string of the molecule is CN1CCCC1(CN)c1ccc(Cl)cc1. The highest BCUT2D eigenvalue weighted by atomic mass is 35.5. The van der Waals surface area contributed by atoms with Crippen molar-refractivity contribution in [2.75, 3.05) is 20.1 Å². The fourth-order valence-corrected chi connectivity index (χ4v) is 2.64. The summed E-state index contributed by atoms with van der Waals surface area (Å²) in [5, 5.41) is 0.784. The van der Waals surface area contributed by atoms with E-state index in [0.717, 1.165) is 18.0 Å². The number of hydrogen-bond acceptors (Lipinski definition) is 2. The number of benzene rings is 1. The Morgan fingerprint density at radius 2 is 2.07 bits per heavy atom. The highest BCUT2D eigenvalue weighted by Crippen LogP contribution is 2.37. The van der Waals surface area contributed by atoms with E-state index in [-0.39, 0.29) is 5.54 Å². The molecule has 0 bridgehead atoms. The lowest BCUT2D eigenvalue weighted by Crippen LogP contribution is -2.44. The first-order valence-corrected chi connectivity index (χ1v) is 5.74. The van der Waals surface area contributed by atoms with Crippen molar-refractivity contribution in [3.63, 3.8) is 0 Å². The van der Waals surface area contributed by atoms with Gasteiger partial charge >= 0.3 is 0 Å². The Morgan fingerprint density at radius 3 is 2.53 bits per heavy atom. The van der Waals surface area contributed by atoms with Gasteiger partial charge in [-0.2, -0.15) is 0 Å². The first-order chi connectivity index (χ1) is 7.19. The predicted octanol–water partition coefficient (Wildman–Crippen LogP) is 2.22. The normalized spacial score (nSPS) is 27.1. The molecule has 2 N–H and O–H groups in total. The molecule has 82 valence electrons. The van der Waals surface area contributed by atoms with Gasteiger partial charge in [0, 0.05) is 11.6 Å². The number of nitrogens with two attached hydrogens (primary N) is 1. The molecule has 1 atom stereocenters. The number of likely N-dealkylation sites (N-methyl/N-ethyl adjacent to an activating group) is 1. The van der Waals surface area contributed by atoms with Crippen molar-refractivity contribution in [2.24, 2.45) is 5.73 Å². The van der Waals surface area contributed by atoms with Crippen molar-refractivity contribution in [3.8, 4) is 0 Å². The molecule has 1 aliphatic heterocycles. The van der Waals surface area contributed by atoms with Gasteiger partial charge in [0.25, 0.3) is 0 Å². The van der Waals surface area contributed by atoms with Gasteiger partial charge in [-0.05, 0) is 44.1 Å². The summed E-state index contributed by atoms with van der Waals surface area (Å²) in [5.74, 6) is 0. The third-order valence-corrected chi connectivity index (χ3v) is 3.79. The minimum Gasteiger partial charge on any atom is -0.328 e. The van der Waals surface area contributed by atoms with E-state index in [2.05, 4.69) is 24.1 Å². The topological polar surface area (TPSA) is 29.3 Å². The highest BCUT2D eigenvalue weighted by Gasteiger charge is 2.38. The van der Waals surface area contributed by atoms with E-state index >= 15 is 0 Å². The maximum absolute atomic E-state index is 5.95. The van der Waals surface area contributed by atoms with Crippen LogP contribution < -0.4 is 5.73 Å². The molecule has 1 aliphatic rings. The van der Waals surface area contributed by atoms with Gasteiger partial charge in [-0.25, -0.2) is 0 Å². The maximum atomic E-state index is 5.95. The van der Waals surface area contributed by atoms with Gasteiger partial charge in [0.1, 0.15) is 0 Å². The van der Waals surface area contributed by atoms with E-state index in [9.17, 15) is 0 Å². The number of rotatable bonds is 2. The van der Waals surface area contributed by atoms with Gasteiger partial charge in [0.15, 0.2) is 0 Å². The molecule has 2 nitrogen and oxygen atoms in total. The molecule has 1 unspecified atom stereocenters. The average Bonchev–Trinajstić information content (AvgIpc) is 2.62. The van der Waals surface area contributed by atoms with Crippen molar-refractivity contribution >= 4 is 11.6 Å². The Bertz CT molecular complexity index is 336. The molecule has 0 aliphatic carbocycles. The maximum Gasteiger partial charge on any atom is 0.0581 e. The van der Waals surface area contributed by atoms with E-state index in [1.807, 2.05) is 12.1 Å². The van der Waals surface area contributed by atoms with Crippen molar-refractivity contribution < 1.29 is 0 Å². The Hall–Kier alpha value is -0.570. The smallest absolute Gasteiger partial charge is 0.0581 e. The molecule has 2 rings (SSSR count). The third kappa shape index (κ3) is 1.78. The summed E-state index contributed by atoms with van der Waals surface area (Å²) in [7, 11) is 2.15. The molecule has 15 heavy (non-hydrogen) atoms. The molecule has 0 radical (unpaired) electrons. The number of likely N-dealkylation sites (tertiary alicyclic amines) is 1. The number of hydrogen-bond donors (Lipinski definition) is 1. The number of halogens is 1. The zero-order valence-electron chi connectivity index (χ0n) is 9.04. The Kier molecular flexibility index (Phi) is 3.01. The van der Waals surface area contributed by atoms with Gasteiger partial charge in [0.2, 0.25) is 0 Å². The largest absolute Gasteiger partial charge is 0.328 e. The van der Waals surface area contributed by atoms with Crippen LogP contribution in [0.1, 0.15) is 18.4 Å². The zero-order valence-corrected chi connectivity index (χ0v) is 9.80. The molecule has 1 saturated heterocycles. The van der Waals surface area contributed by atoms with Crippen molar-refractivity contribution in [1.82, 2.24) is 4.90 Å². The molecule has 1 heterocycles. The second-order valence-corrected chi connectivity index (χ2v) is 4.70. The molecule has 3 heteroatoms. The molecular weight excluding hydrogens is 208 g/mol. The summed E-state index contributed by atoms with van der Waals surface area (Å²) in [6, 6.07) is 8.08. The van der Waals surface area contributed by atoms with Crippen LogP contribution in [0.5, 0.6) is 0 Å². The first-order valence-electron chi connectivity index (χ1n) is 5.36. The lowest BCUT2D eigenvalue weighted by atomic mass is 9.87. The van der Waals surface area contributed by atoms with Crippen LogP contribution in [0.25, 0.3) is 0 Å². The van der Waals surface area contributed by atoms with Crippen molar-refractivity contribution in [2.45, 2.75) is 18.4 Å². The molecule has 1 fully saturated rings. The standard InChI is InChI=1S/C12H17ClN2/c1-15-8-2-7-12(15,9-14)10-3-5-11(13)6-4-10/h3-6H,2,7-9,14H2,1H3. The fourth-order valence-electron chi connectivity index (χ4n) is 2.51. The Labute approximate surface area is 96.0 Å². The third-order valence-electron chi connectivity index (χ3n) is 3.53. The summed E-state index contributed by atoms with van der Waals surface area (Å²) in [6.07, 6.45) is 2.36. The highest BCUT2D eigenvalue weighted by molar-refractivity contribution is 6.30. The lowest BCUT2D eigenvalue weighted by molar-refractivity contribution is 0.183. The monoisotopic (exact) mass is 224 g/mol. The molecule has 0 spiro atoms. The minimum absolute atomic E-state index is 0.0323. The molecule has 1 aromatic rings. The van der Waals surface area contributed by atoms with Gasteiger partial charge in [-0.1, -0.05) is 23.7 Å². The van der Waals surface area contributed by atoms with Crippen LogP contribution in [0.2, 0.25) is 5.02 Å². The van der Waals surface area contributed by atoms with E-state index < -0.39 is 0 Å². The van der Waals surface area contributed by atoms with Crippen LogP contribution in [0, 0.1) is 0 Å². The summed E-state index contributed by atoms with van der Waals surface area (Å²) in [5.41, 5.74) is 7.27. The Balaban J connectivity index is 2.37. The van der Waals surface area contributed by atoms with Crippen LogP contribution in [0.3, 0.4) is 0 Å². The van der Waals surface area contributed by atoms with Crippen molar-refractivity contribution in [1.29, 1.82) is 0 Å². The number of nitrogens with zero attached hydrogens (tertiary/aromatic N) is 1. The summed E-state index contributed by atoms with van der Waals surface area (Å²) < 4.78 is 0.